The topological polar surface area (TPSA) is 63.5 Å². The van der Waals surface area contributed by atoms with Crippen molar-refractivity contribution in [1.82, 2.24) is 14.7 Å². The van der Waals surface area contributed by atoms with Gasteiger partial charge in [0, 0.05) is 25.1 Å². The van der Waals surface area contributed by atoms with Gasteiger partial charge in [-0.05, 0) is 61.4 Å². The summed E-state index contributed by atoms with van der Waals surface area (Å²) in [4.78, 5) is 30.4. The van der Waals surface area contributed by atoms with Crippen molar-refractivity contribution in [3.05, 3.63) is 58.0 Å². The number of benzene rings is 1. The van der Waals surface area contributed by atoms with Crippen molar-refractivity contribution < 1.29 is 13.6 Å². The maximum atomic E-state index is 13.4. The van der Waals surface area contributed by atoms with Gasteiger partial charge in [0.25, 0.3) is 11.5 Å². The van der Waals surface area contributed by atoms with Gasteiger partial charge in [0.05, 0.1) is 16.5 Å². The lowest BCUT2D eigenvalue weighted by atomic mass is 9.92. The minimum Gasteiger partial charge on any atom is -0.349 e. The van der Waals surface area contributed by atoms with E-state index in [9.17, 15) is 18.4 Å². The highest BCUT2D eigenvalue weighted by atomic mass is 19.3. The molecule has 0 bridgehead atoms. The van der Waals surface area contributed by atoms with Crippen LogP contribution >= 0.6 is 0 Å². The molecule has 2 aliphatic carbocycles. The molecule has 7 heteroatoms. The van der Waals surface area contributed by atoms with E-state index < -0.39 is 5.92 Å². The Balaban J connectivity index is 1.51. The number of carbonyl (C=O) groups excluding carboxylic acids is 1. The summed E-state index contributed by atoms with van der Waals surface area (Å²) in [6, 6.07) is 8.69. The number of carbonyl (C=O) groups is 1. The number of fused-ring (bicyclic) bond motifs is 2. The molecule has 0 atom stereocenters. The molecule has 1 aromatic carbocycles. The number of hydrogen-bond donors (Lipinski definition) is 1. The quantitative estimate of drug-likeness (QED) is 0.679. The molecule has 0 radical (unpaired) electrons. The van der Waals surface area contributed by atoms with Crippen LogP contribution in [0.25, 0.3) is 16.6 Å². The average molecular weight is 397 g/mol. The van der Waals surface area contributed by atoms with Crippen LogP contribution in [-0.4, -0.2) is 27.3 Å². The number of amides is 1. The molecule has 1 amide bonds. The van der Waals surface area contributed by atoms with Crippen LogP contribution in [-0.2, 0) is 0 Å². The zero-order valence-corrected chi connectivity index (χ0v) is 15.8. The Morgan fingerprint density at radius 2 is 1.90 bits per heavy atom. The third kappa shape index (κ3) is 3.39. The molecule has 2 aliphatic rings. The van der Waals surface area contributed by atoms with E-state index in [0.29, 0.717) is 16.8 Å². The molecule has 0 aliphatic heterocycles. The van der Waals surface area contributed by atoms with E-state index in [4.69, 9.17) is 0 Å². The van der Waals surface area contributed by atoms with Gasteiger partial charge in [-0.25, -0.2) is 13.8 Å². The van der Waals surface area contributed by atoms with Gasteiger partial charge in [-0.3, -0.25) is 14.0 Å². The minimum absolute atomic E-state index is 0.209. The second-order valence-electron chi connectivity index (χ2n) is 8.19. The number of rotatable bonds is 3. The standard InChI is InChI=1S/C22H21F2N3O2/c23-22(24)9-7-15(8-10-22)25-20(28)16-2-1-11-27-19(16)26-18-6-5-14(13-3-4-13)12-17(18)21(27)29/h1-2,5-6,11-13,15H,3-4,7-10H2,(H,25,28). The molecular formula is C22H21F2N3O2. The van der Waals surface area contributed by atoms with Gasteiger partial charge >= 0.3 is 0 Å². The lowest BCUT2D eigenvalue weighted by Gasteiger charge is -2.28. The van der Waals surface area contributed by atoms with Gasteiger partial charge in [0.15, 0.2) is 5.65 Å². The van der Waals surface area contributed by atoms with E-state index in [1.807, 2.05) is 18.2 Å². The zero-order chi connectivity index (χ0) is 20.2. The van der Waals surface area contributed by atoms with Crippen LogP contribution < -0.4 is 10.9 Å². The van der Waals surface area contributed by atoms with Gasteiger partial charge in [-0.1, -0.05) is 6.07 Å². The first kappa shape index (κ1) is 18.2. The fraction of sp³-hybridized carbons (Fsp3) is 0.409. The molecule has 2 aromatic heterocycles. The highest BCUT2D eigenvalue weighted by Crippen LogP contribution is 2.40. The summed E-state index contributed by atoms with van der Waals surface area (Å²) in [7, 11) is 0. The Kier molecular flexibility index (Phi) is 4.15. The van der Waals surface area contributed by atoms with Crippen LogP contribution in [0, 0.1) is 0 Å². The molecule has 2 heterocycles. The van der Waals surface area contributed by atoms with Crippen molar-refractivity contribution in [3.8, 4) is 0 Å². The summed E-state index contributed by atoms with van der Waals surface area (Å²) >= 11 is 0. The second-order valence-corrected chi connectivity index (χ2v) is 8.19. The zero-order valence-electron chi connectivity index (χ0n) is 15.8. The number of nitrogens with one attached hydrogen (secondary N) is 1. The Bertz CT molecular complexity index is 1170. The first-order chi connectivity index (χ1) is 13.9. The Labute approximate surface area is 165 Å². The van der Waals surface area contributed by atoms with Crippen molar-refractivity contribution in [2.45, 2.75) is 56.4 Å². The molecule has 0 saturated heterocycles. The fourth-order valence-corrected chi connectivity index (χ4v) is 4.14. The molecule has 2 saturated carbocycles. The van der Waals surface area contributed by atoms with Gasteiger partial charge in [-0.15, -0.1) is 0 Å². The van der Waals surface area contributed by atoms with E-state index >= 15 is 0 Å². The van der Waals surface area contributed by atoms with Crippen molar-refractivity contribution in [1.29, 1.82) is 0 Å². The first-order valence-electron chi connectivity index (χ1n) is 10.0. The number of hydrogen-bond acceptors (Lipinski definition) is 3. The van der Waals surface area contributed by atoms with E-state index in [0.717, 1.165) is 18.4 Å². The maximum Gasteiger partial charge on any atom is 0.265 e. The third-order valence-electron chi connectivity index (χ3n) is 6.01. The van der Waals surface area contributed by atoms with Crippen LogP contribution in [0.4, 0.5) is 8.78 Å². The molecule has 150 valence electrons. The van der Waals surface area contributed by atoms with Crippen LogP contribution in [0.1, 0.15) is 60.4 Å². The summed E-state index contributed by atoms with van der Waals surface area (Å²) in [6.45, 7) is 0. The Morgan fingerprint density at radius 1 is 1.14 bits per heavy atom. The molecule has 5 rings (SSSR count). The summed E-state index contributed by atoms with van der Waals surface area (Å²) in [5.74, 6) is -2.51. The molecule has 29 heavy (non-hydrogen) atoms. The number of alkyl halides is 2. The highest BCUT2D eigenvalue weighted by Gasteiger charge is 2.35. The predicted molar refractivity (Wildman–Crippen MR) is 106 cm³/mol. The number of aromatic nitrogens is 2. The lowest BCUT2D eigenvalue weighted by Crippen LogP contribution is -2.40. The summed E-state index contributed by atoms with van der Waals surface area (Å²) in [5.41, 5.74) is 2.05. The first-order valence-corrected chi connectivity index (χ1v) is 10.0. The number of pyridine rings is 1. The molecular weight excluding hydrogens is 376 g/mol. The Morgan fingerprint density at radius 3 is 2.62 bits per heavy atom. The fourth-order valence-electron chi connectivity index (χ4n) is 4.14. The van der Waals surface area contributed by atoms with Gasteiger partial charge in [-0.2, -0.15) is 0 Å². The molecule has 0 spiro atoms. The van der Waals surface area contributed by atoms with Crippen LogP contribution in [0.15, 0.2) is 41.3 Å². The predicted octanol–water partition coefficient (Wildman–Crippen LogP) is 4.03. The number of nitrogens with zero attached hydrogens (tertiary/aromatic N) is 2. The average Bonchev–Trinajstić information content (AvgIpc) is 3.54. The highest BCUT2D eigenvalue weighted by molar-refractivity contribution is 6.00. The van der Waals surface area contributed by atoms with Crippen molar-refractivity contribution in [2.24, 2.45) is 0 Å². The van der Waals surface area contributed by atoms with Crippen molar-refractivity contribution in [2.75, 3.05) is 0 Å². The van der Waals surface area contributed by atoms with E-state index in [1.54, 1.807) is 18.3 Å². The summed E-state index contributed by atoms with van der Waals surface area (Å²) in [5, 5.41) is 3.38. The van der Waals surface area contributed by atoms with Crippen LogP contribution in [0.2, 0.25) is 0 Å². The van der Waals surface area contributed by atoms with Crippen molar-refractivity contribution in [3.63, 3.8) is 0 Å². The largest absolute Gasteiger partial charge is 0.349 e. The van der Waals surface area contributed by atoms with Crippen molar-refractivity contribution >= 4 is 22.5 Å². The van der Waals surface area contributed by atoms with E-state index in [-0.39, 0.29) is 54.4 Å². The van der Waals surface area contributed by atoms with Crippen LogP contribution in [0.5, 0.6) is 0 Å². The second kappa shape index (κ2) is 6.61. The SMILES string of the molecule is O=C(NC1CCC(F)(F)CC1)c1cccn2c(=O)c3cc(C4CC4)ccc3nc12. The monoisotopic (exact) mass is 397 g/mol. The molecule has 1 N–H and O–H groups in total. The van der Waals surface area contributed by atoms with Crippen LogP contribution in [0.3, 0.4) is 0 Å². The van der Waals surface area contributed by atoms with Gasteiger partial charge in [0.2, 0.25) is 5.92 Å². The summed E-state index contributed by atoms with van der Waals surface area (Å²) in [6.07, 6.45) is 3.92. The molecule has 0 unspecified atom stereocenters. The molecule has 3 aromatic rings. The normalized spacial score (nSPS) is 19.5. The van der Waals surface area contributed by atoms with Gasteiger partial charge < -0.3 is 5.32 Å². The molecule has 5 nitrogen and oxygen atoms in total. The lowest BCUT2D eigenvalue weighted by molar-refractivity contribution is -0.0399. The van der Waals surface area contributed by atoms with Gasteiger partial charge in [0.1, 0.15) is 0 Å². The third-order valence-corrected chi connectivity index (χ3v) is 6.01. The smallest absolute Gasteiger partial charge is 0.265 e. The molecule has 2 fully saturated rings. The maximum absolute atomic E-state index is 13.4. The minimum atomic E-state index is -2.65. The number of halogens is 2. The van der Waals surface area contributed by atoms with E-state index in [1.165, 1.54) is 4.40 Å². The summed E-state index contributed by atoms with van der Waals surface area (Å²) < 4.78 is 28.1. The Hall–Kier alpha value is -2.83. The van der Waals surface area contributed by atoms with E-state index in [2.05, 4.69) is 10.3 Å².